The third kappa shape index (κ3) is 9.57. The van der Waals surface area contributed by atoms with Crippen molar-refractivity contribution in [3.05, 3.63) is 60.2 Å². The van der Waals surface area contributed by atoms with Crippen molar-refractivity contribution in [2.24, 2.45) is 0 Å². The lowest BCUT2D eigenvalue weighted by molar-refractivity contribution is -0.160. The van der Waals surface area contributed by atoms with E-state index in [0.717, 1.165) is 0 Å². The van der Waals surface area contributed by atoms with Crippen LogP contribution < -0.4 is 9.47 Å². The van der Waals surface area contributed by atoms with Gasteiger partial charge in [-0.3, -0.25) is 0 Å². The van der Waals surface area contributed by atoms with Crippen LogP contribution in [0.1, 0.15) is 48.5 Å². The van der Waals surface area contributed by atoms with E-state index in [1.807, 2.05) is 0 Å². The van der Waals surface area contributed by atoms with Crippen molar-refractivity contribution in [1.29, 1.82) is 0 Å². The van der Waals surface area contributed by atoms with Gasteiger partial charge in [-0.25, -0.2) is 23.2 Å². The molecule has 10 nitrogen and oxygen atoms in total. The van der Waals surface area contributed by atoms with Gasteiger partial charge in [-0.05, 0) is 97.0 Å². The predicted octanol–water partition coefficient (Wildman–Crippen LogP) is 5.66. The number of carbonyl (C=O) groups excluding carboxylic acids is 3. The van der Waals surface area contributed by atoms with Crippen LogP contribution >= 0.6 is 0 Å². The summed E-state index contributed by atoms with van der Waals surface area (Å²) >= 11 is 0. The molecule has 1 heterocycles. The van der Waals surface area contributed by atoms with Gasteiger partial charge in [-0.15, -0.1) is 0 Å². The standard InChI is InChI=1S/C30H37F2NO9/c1-18-25(40-22-14-10-20(32)11-15-22)24(39-21-12-8-19(31)9-13-21)17-37-16-23(26(34)38-18)33(27(35)41-29(2,3)4)28(36)42-30(5,6)7/h8-15,18,23-25H,16-17H2,1-7H3. The lowest BCUT2D eigenvalue weighted by atomic mass is 10.1. The maximum atomic E-state index is 13.5. The third-order valence-corrected chi connectivity index (χ3v) is 5.64. The number of esters is 1. The monoisotopic (exact) mass is 593 g/mol. The summed E-state index contributed by atoms with van der Waals surface area (Å²) in [4.78, 5) is 40.4. The maximum Gasteiger partial charge on any atom is 0.420 e. The summed E-state index contributed by atoms with van der Waals surface area (Å²) < 4.78 is 61.5. The van der Waals surface area contributed by atoms with Crippen LogP contribution in [0.2, 0.25) is 0 Å². The SMILES string of the molecule is CC1OC(=O)C(N(C(=O)OC(C)(C)C)C(=O)OC(C)(C)C)COCC(Oc2ccc(F)cc2)C1Oc1ccc(F)cc1. The number of halogens is 2. The zero-order chi connectivity index (χ0) is 31.2. The molecule has 4 unspecified atom stereocenters. The molecule has 0 spiro atoms. The summed E-state index contributed by atoms with van der Waals surface area (Å²) in [5.74, 6) is -1.42. The number of benzene rings is 2. The molecule has 2 amide bonds. The molecule has 1 aliphatic rings. The molecule has 0 radical (unpaired) electrons. The van der Waals surface area contributed by atoms with E-state index in [4.69, 9.17) is 28.4 Å². The molecular formula is C30H37F2NO9. The Morgan fingerprint density at radius 3 is 1.69 bits per heavy atom. The van der Waals surface area contributed by atoms with Gasteiger partial charge >= 0.3 is 18.2 Å². The van der Waals surface area contributed by atoms with Crippen molar-refractivity contribution in [2.45, 2.75) is 84.0 Å². The molecule has 0 bridgehead atoms. The quantitative estimate of drug-likeness (QED) is 0.320. The first kappa shape index (κ1) is 32.6. The Balaban J connectivity index is 1.96. The molecule has 3 rings (SSSR count). The number of carbonyl (C=O) groups is 3. The van der Waals surface area contributed by atoms with Gasteiger partial charge in [0.15, 0.2) is 18.2 Å². The topological polar surface area (TPSA) is 110 Å². The average molecular weight is 594 g/mol. The van der Waals surface area contributed by atoms with E-state index >= 15 is 0 Å². The van der Waals surface area contributed by atoms with Gasteiger partial charge in [0, 0.05) is 0 Å². The van der Waals surface area contributed by atoms with E-state index in [1.165, 1.54) is 55.5 Å². The molecule has 1 aliphatic heterocycles. The molecule has 1 fully saturated rings. The molecule has 0 aliphatic carbocycles. The van der Waals surface area contributed by atoms with Crippen molar-refractivity contribution >= 4 is 18.2 Å². The van der Waals surface area contributed by atoms with Crippen LogP contribution in [-0.2, 0) is 23.7 Å². The second kappa shape index (κ2) is 13.4. The summed E-state index contributed by atoms with van der Waals surface area (Å²) in [6, 6.07) is 8.82. The molecular weight excluding hydrogens is 556 g/mol. The lowest BCUT2D eigenvalue weighted by Gasteiger charge is -2.32. The number of amides is 2. The fourth-order valence-electron chi connectivity index (χ4n) is 3.85. The van der Waals surface area contributed by atoms with E-state index in [-0.39, 0.29) is 18.1 Å². The number of ether oxygens (including phenoxy) is 6. The molecule has 0 saturated carbocycles. The first-order valence-electron chi connectivity index (χ1n) is 13.4. The van der Waals surface area contributed by atoms with E-state index in [0.29, 0.717) is 4.90 Å². The number of hydrogen-bond acceptors (Lipinski definition) is 9. The predicted molar refractivity (Wildman–Crippen MR) is 146 cm³/mol. The maximum absolute atomic E-state index is 13.5. The number of hydrogen-bond donors (Lipinski definition) is 0. The third-order valence-electron chi connectivity index (χ3n) is 5.64. The molecule has 12 heteroatoms. The van der Waals surface area contributed by atoms with Crippen molar-refractivity contribution in [3.63, 3.8) is 0 Å². The molecule has 0 N–H and O–H groups in total. The Kier molecular flexibility index (Phi) is 10.4. The van der Waals surface area contributed by atoms with Gasteiger partial charge in [0.1, 0.15) is 40.4 Å². The second-order valence-electron chi connectivity index (χ2n) is 11.7. The zero-order valence-electron chi connectivity index (χ0n) is 24.7. The van der Waals surface area contributed by atoms with E-state index in [9.17, 15) is 23.2 Å². The Labute approximate surface area is 243 Å². The van der Waals surface area contributed by atoms with Crippen LogP contribution in [0.15, 0.2) is 48.5 Å². The van der Waals surface area contributed by atoms with Gasteiger partial charge in [0.2, 0.25) is 0 Å². The molecule has 1 saturated heterocycles. The fraction of sp³-hybridized carbons (Fsp3) is 0.500. The van der Waals surface area contributed by atoms with E-state index in [2.05, 4.69) is 0 Å². The summed E-state index contributed by atoms with van der Waals surface area (Å²) in [5.41, 5.74) is -2.01. The largest absolute Gasteiger partial charge is 0.484 e. The average Bonchev–Trinajstić information content (AvgIpc) is 2.90. The molecule has 0 aromatic heterocycles. The summed E-state index contributed by atoms with van der Waals surface area (Å²) in [7, 11) is 0. The number of rotatable bonds is 5. The van der Waals surface area contributed by atoms with Gasteiger partial charge in [0.05, 0.1) is 13.2 Å². The number of imide groups is 1. The Morgan fingerprint density at radius 2 is 1.24 bits per heavy atom. The highest BCUT2D eigenvalue weighted by atomic mass is 19.1. The van der Waals surface area contributed by atoms with Gasteiger partial charge < -0.3 is 28.4 Å². The number of cyclic esters (lactones) is 1. The smallest absolute Gasteiger partial charge is 0.420 e. The molecule has 42 heavy (non-hydrogen) atoms. The minimum atomic E-state index is -1.59. The van der Waals surface area contributed by atoms with Gasteiger partial charge in [-0.2, -0.15) is 4.90 Å². The molecule has 2 aromatic carbocycles. The Hall–Kier alpha value is -3.93. The van der Waals surface area contributed by atoms with Crippen LogP contribution in [-0.4, -0.2) is 71.8 Å². The highest BCUT2D eigenvalue weighted by molar-refractivity contribution is 5.94. The first-order valence-corrected chi connectivity index (χ1v) is 13.4. The van der Waals surface area contributed by atoms with Crippen molar-refractivity contribution in [2.75, 3.05) is 13.2 Å². The summed E-state index contributed by atoms with van der Waals surface area (Å²) in [5, 5.41) is 0. The van der Waals surface area contributed by atoms with Crippen molar-refractivity contribution < 1.29 is 51.6 Å². The molecule has 2 aromatic rings. The van der Waals surface area contributed by atoms with Gasteiger partial charge in [-0.1, -0.05) is 0 Å². The van der Waals surface area contributed by atoms with Gasteiger partial charge in [0.25, 0.3) is 0 Å². The Morgan fingerprint density at radius 1 is 0.786 bits per heavy atom. The Bertz CT molecular complexity index is 1200. The summed E-state index contributed by atoms with van der Waals surface area (Å²) in [6.07, 6.45) is -5.28. The van der Waals surface area contributed by atoms with E-state index in [1.54, 1.807) is 41.5 Å². The van der Waals surface area contributed by atoms with Crippen LogP contribution in [0.3, 0.4) is 0 Å². The van der Waals surface area contributed by atoms with Crippen LogP contribution in [0.4, 0.5) is 18.4 Å². The minimum Gasteiger partial charge on any atom is -0.484 e. The highest BCUT2D eigenvalue weighted by Gasteiger charge is 2.45. The normalized spacial score (nSPS) is 21.6. The second-order valence-corrected chi connectivity index (χ2v) is 11.7. The zero-order valence-corrected chi connectivity index (χ0v) is 24.7. The lowest BCUT2D eigenvalue weighted by Crippen LogP contribution is -2.54. The van der Waals surface area contributed by atoms with Crippen LogP contribution in [0.5, 0.6) is 11.5 Å². The van der Waals surface area contributed by atoms with Crippen LogP contribution in [0.25, 0.3) is 0 Å². The van der Waals surface area contributed by atoms with Crippen molar-refractivity contribution in [3.8, 4) is 11.5 Å². The van der Waals surface area contributed by atoms with Crippen molar-refractivity contribution in [1.82, 2.24) is 4.90 Å². The number of nitrogens with zero attached hydrogens (tertiary/aromatic N) is 1. The first-order chi connectivity index (χ1) is 19.5. The molecule has 4 atom stereocenters. The summed E-state index contributed by atoms with van der Waals surface area (Å²) in [6.45, 7) is 10.5. The fourth-order valence-corrected chi connectivity index (χ4v) is 3.85. The van der Waals surface area contributed by atoms with E-state index < -0.39 is 72.0 Å². The highest BCUT2D eigenvalue weighted by Crippen LogP contribution is 2.25. The van der Waals surface area contributed by atoms with Crippen LogP contribution in [0, 0.1) is 11.6 Å². The molecule has 230 valence electrons. The minimum absolute atomic E-state index is 0.211.